The number of hydrazine groups is 1. The maximum absolute atomic E-state index is 6.03. The van der Waals surface area contributed by atoms with E-state index in [1.165, 1.54) is 11.1 Å². The van der Waals surface area contributed by atoms with Gasteiger partial charge in [0.15, 0.2) is 0 Å². The number of benzene rings is 2. The van der Waals surface area contributed by atoms with Crippen LogP contribution in [0.3, 0.4) is 0 Å². The van der Waals surface area contributed by atoms with Crippen LogP contribution in [0.4, 0.5) is 5.69 Å². The molecule has 17 heavy (non-hydrogen) atoms. The minimum absolute atomic E-state index is 0.730. The first-order valence-corrected chi connectivity index (χ1v) is 5.94. The average molecular weight is 226 g/mol. The molecule has 0 radical (unpaired) electrons. The molecule has 2 nitrogen and oxygen atoms in total. The summed E-state index contributed by atoms with van der Waals surface area (Å²) < 4.78 is 0. The molecule has 0 spiro atoms. The molecule has 88 valence electrons. The van der Waals surface area contributed by atoms with Gasteiger partial charge < -0.3 is 5.01 Å². The SMILES string of the molecule is CCc1ccc(CN(N)c2ccccc2)cc1. The Morgan fingerprint density at radius 3 is 2.06 bits per heavy atom. The van der Waals surface area contributed by atoms with Crippen molar-refractivity contribution in [1.29, 1.82) is 0 Å². The predicted molar refractivity (Wildman–Crippen MR) is 72.6 cm³/mol. The number of nitrogens with zero attached hydrogens (tertiary/aromatic N) is 1. The van der Waals surface area contributed by atoms with Gasteiger partial charge in [0.2, 0.25) is 0 Å². The summed E-state index contributed by atoms with van der Waals surface area (Å²) in [6.45, 7) is 2.89. The van der Waals surface area contributed by atoms with Gasteiger partial charge in [-0.1, -0.05) is 49.4 Å². The van der Waals surface area contributed by atoms with Crippen LogP contribution in [-0.2, 0) is 13.0 Å². The van der Waals surface area contributed by atoms with Crippen LogP contribution in [-0.4, -0.2) is 0 Å². The molecule has 0 bridgehead atoms. The maximum Gasteiger partial charge on any atom is 0.0592 e. The average Bonchev–Trinajstić information content (AvgIpc) is 2.40. The van der Waals surface area contributed by atoms with Gasteiger partial charge in [-0.2, -0.15) is 0 Å². The van der Waals surface area contributed by atoms with Crippen LogP contribution in [0.2, 0.25) is 0 Å². The molecule has 2 heteroatoms. The molecule has 2 N–H and O–H groups in total. The lowest BCUT2D eigenvalue weighted by Gasteiger charge is -2.18. The molecular formula is C15H18N2. The van der Waals surface area contributed by atoms with Crippen LogP contribution in [0.25, 0.3) is 0 Å². The van der Waals surface area contributed by atoms with E-state index >= 15 is 0 Å². The van der Waals surface area contributed by atoms with Gasteiger partial charge in [0.25, 0.3) is 0 Å². The second kappa shape index (κ2) is 5.51. The molecule has 0 atom stereocenters. The van der Waals surface area contributed by atoms with Crippen molar-refractivity contribution >= 4 is 5.69 Å². The van der Waals surface area contributed by atoms with Gasteiger partial charge in [0, 0.05) is 0 Å². The van der Waals surface area contributed by atoms with E-state index in [0.29, 0.717) is 0 Å². The highest BCUT2D eigenvalue weighted by molar-refractivity contribution is 5.45. The van der Waals surface area contributed by atoms with E-state index in [0.717, 1.165) is 18.7 Å². The Kier molecular flexibility index (Phi) is 3.78. The summed E-state index contributed by atoms with van der Waals surface area (Å²) in [7, 11) is 0. The second-order valence-electron chi connectivity index (χ2n) is 4.13. The van der Waals surface area contributed by atoms with Crippen molar-refractivity contribution in [3.63, 3.8) is 0 Å². The third-order valence-electron chi connectivity index (χ3n) is 2.87. The number of anilines is 1. The van der Waals surface area contributed by atoms with Gasteiger partial charge in [-0.05, 0) is 29.7 Å². The van der Waals surface area contributed by atoms with E-state index in [4.69, 9.17) is 5.84 Å². The van der Waals surface area contributed by atoms with E-state index in [1.54, 1.807) is 5.01 Å². The monoisotopic (exact) mass is 226 g/mol. The third-order valence-corrected chi connectivity index (χ3v) is 2.87. The predicted octanol–water partition coefficient (Wildman–Crippen LogP) is 3.13. The summed E-state index contributed by atoms with van der Waals surface area (Å²) in [4.78, 5) is 0. The normalized spacial score (nSPS) is 10.2. The fraction of sp³-hybridized carbons (Fsp3) is 0.200. The van der Waals surface area contributed by atoms with Gasteiger partial charge in [0.05, 0.1) is 12.2 Å². The van der Waals surface area contributed by atoms with Gasteiger partial charge in [-0.3, -0.25) is 0 Å². The van der Waals surface area contributed by atoms with E-state index in [1.807, 2.05) is 30.3 Å². The van der Waals surface area contributed by atoms with Crippen molar-refractivity contribution in [3.05, 3.63) is 65.7 Å². The van der Waals surface area contributed by atoms with Gasteiger partial charge in [0.1, 0.15) is 0 Å². The van der Waals surface area contributed by atoms with Gasteiger partial charge in [-0.15, -0.1) is 0 Å². The van der Waals surface area contributed by atoms with Crippen molar-refractivity contribution in [1.82, 2.24) is 0 Å². The fourth-order valence-electron chi connectivity index (χ4n) is 1.79. The molecule has 2 aromatic carbocycles. The lowest BCUT2D eigenvalue weighted by atomic mass is 10.1. The highest BCUT2D eigenvalue weighted by Crippen LogP contribution is 2.13. The summed E-state index contributed by atoms with van der Waals surface area (Å²) in [5.74, 6) is 6.03. The second-order valence-corrected chi connectivity index (χ2v) is 4.13. The number of nitrogens with two attached hydrogens (primary N) is 1. The lowest BCUT2D eigenvalue weighted by Crippen LogP contribution is -2.29. The number of aryl methyl sites for hydroxylation is 1. The van der Waals surface area contributed by atoms with Crippen LogP contribution in [0.1, 0.15) is 18.1 Å². The Morgan fingerprint density at radius 2 is 1.47 bits per heavy atom. The number of rotatable bonds is 4. The highest BCUT2D eigenvalue weighted by atomic mass is 15.4. The van der Waals surface area contributed by atoms with Crippen LogP contribution in [0.5, 0.6) is 0 Å². The van der Waals surface area contributed by atoms with Crippen molar-refractivity contribution in [2.75, 3.05) is 5.01 Å². The molecule has 0 saturated heterocycles. The summed E-state index contributed by atoms with van der Waals surface area (Å²) in [6.07, 6.45) is 1.07. The topological polar surface area (TPSA) is 29.3 Å². The first-order chi connectivity index (χ1) is 8.29. The molecule has 0 aliphatic rings. The Bertz CT molecular complexity index is 448. The summed E-state index contributed by atoms with van der Waals surface area (Å²) in [5, 5.41) is 1.76. The fourth-order valence-corrected chi connectivity index (χ4v) is 1.79. The first-order valence-electron chi connectivity index (χ1n) is 5.94. The summed E-state index contributed by atoms with van der Waals surface area (Å²) in [6, 6.07) is 18.6. The molecule has 2 aromatic rings. The molecule has 0 heterocycles. The van der Waals surface area contributed by atoms with Gasteiger partial charge >= 0.3 is 0 Å². The van der Waals surface area contributed by atoms with E-state index in [-0.39, 0.29) is 0 Å². The number of hydrogen-bond donors (Lipinski definition) is 1. The van der Waals surface area contributed by atoms with E-state index in [2.05, 4.69) is 31.2 Å². The molecule has 2 rings (SSSR count). The standard InChI is InChI=1S/C15H18N2/c1-2-13-8-10-14(11-9-13)12-17(16)15-6-4-3-5-7-15/h3-11H,2,12,16H2,1H3. The summed E-state index contributed by atoms with van der Waals surface area (Å²) in [5.41, 5.74) is 3.62. The van der Waals surface area contributed by atoms with Crippen LogP contribution in [0.15, 0.2) is 54.6 Å². The Hall–Kier alpha value is -1.80. The highest BCUT2D eigenvalue weighted by Gasteiger charge is 2.01. The maximum atomic E-state index is 6.03. The zero-order valence-electron chi connectivity index (χ0n) is 10.1. The molecule has 0 aliphatic carbocycles. The Morgan fingerprint density at radius 1 is 0.882 bits per heavy atom. The van der Waals surface area contributed by atoms with Crippen molar-refractivity contribution in [3.8, 4) is 0 Å². The Labute approximate surface area is 103 Å². The number of para-hydroxylation sites is 1. The van der Waals surface area contributed by atoms with E-state index < -0.39 is 0 Å². The third kappa shape index (κ3) is 3.08. The molecule has 0 unspecified atom stereocenters. The van der Waals surface area contributed by atoms with Crippen LogP contribution in [0, 0.1) is 0 Å². The van der Waals surface area contributed by atoms with Crippen molar-refractivity contribution in [2.45, 2.75) is 19.9 Å². The van der Waals surface area contributed by atoms with E-state index in [9.17, 15) is 0 Å². The summed E-state index contributed by atoms with van der Waals surface area (Å²) >= 11 is 0. The quantitative estimate of drug-likeness (QED) is 0.641. The van der Waals surface area contributed by atoms with Crippen LogP contribution >= 0.6 is 0 Å². The minimum Gasteiger partial charge on any atom is -0.307 e. The molecular weight excluding hydrogens is 208 g/mol. The zero-order valence-corrected chi connectivity index (χ0v) is 10.1. The molecule has 0 saturated carbocycles. The minimum atomic E-state index is 0.730. The molecule has 0 amide bonds. The molecule has 0 aromatic heterocycles. The van der Waals surface area contributed by atoms with Crippen molar-refractivity contribution < 1.29 is 0 Å². The smallest absolute Gasteiger partial charge is 0.0592 e. The number of hydrogen-bond acceptors (Lipinski definition) is 2. The Balaban J connectivity index is 2.05. The molecule has 0 aliphatic heterocycles. The zero-order chi connectivity index (χ0) is 12.1. The lowest BCUT2D eigenvalue weighted by molar-refractivity contribution is 0.852. The first kappa shape index (κ1) is 11.7. The van der Waals surface area contributed by atoms with Crippen molar-refractivity contribution in [2.24, 2.45) is 5.84 Å². The molecule has 0 fully saturated rings. The van der Waals surface area contributed by atoms with Crippen LogP contribution < -0.4 is 10.9 Å². The van der Waals surface area contributed by atoms with Gasteiger partial charge in [-0.25, -0.2) is 5.84 Å². The largest absolute Gasteiger partial charge is 0.307 e.